The Hall–Kier alpha value is -3.45. The van der Waals surface area contributed by atoms with Gasteiger partial charge in [0, 0.05) is 37.2 Å². The minimum absolute atomic E-state index is 0.124. The number of imidazole rings is 1. The first-order chi connectivity index (χ1) is 16.4. The van der Waals surface area contributed by atoms with Crippen molar-refractivity contribution in [1.82, 2.24) is 14.5 Å². The number of esters is 2. The van der Waals surface area contributed by atoms with Gasteiger partial charge < -0.3 is 14.0 Å². The molecule has 0 spiro atoms. The summed E-state index contributed by atoms with van der Waals surface area (Å²) in [6, 6.07) is 11.1. The molecule has 0 N–H and O–H groups in total. The van der Waals surface area contributed by atoms with Crippen molar-refractivity contribution >= 4 is 29.3 Å². The first-order valence-corrected chi connectivity index (χ1v) is 11.5. The van der Waals surface area contributed by atoms with Gasteiger partial charge in [0.25, 0.3) is 0 Å². The van der Waals surface area contributed by atoms with Crippen LogP contribution in [0.4, 0.5) is 0 Å². The molecule has 0 saturated heterocycles. The second kappa shape index (κ2) is 12.1. The normalized spacial score (nSPS) is 11.6. The van der Waals surface area contributed by atoms with Crippen molar-refractivity contribution in [2.45, 2.75) is 46.1 Å². The molecule has 34 heavy (non-hydrogen) atoms. The van der Waals surface area contributed by atoms with Crippen LogP contribution in [0.1, 0.15) is 49.3 Å². The van der Waals surface area contributed by atoms with Gasteiger partial charge in [-0.2, -0.15) is 0 Å². The Bertz CT molecular complexity index is 1170. The van der Waals surface area contributed by atoms with Gasteiger partial charge in [-0.05, 0) is 35.7 Å². The van der Waals surface area contributed by atoms with Gasteiger partial charge in [0.1, 0.15) is 11.5 Å². The lowest BCUT2D eigenvalue weighted by Crippen LogP contribution is -2.17. The summed E-state index contributed by atoms with van der Waals surface area (Å²) in [4.78, 5) is 33.6. The van der Waals surface area contributed by atoms with Gasteiger partial charge in [-0.1, -0.05) is 43.1 Å². The summed E-state index contributed by atoms with van der Waals surface area (Å²) >= 11 is 6.45. The number of aromatic nitrogens is 3. The minimum Gasteiger partial charge on any atom is -0.466 e. The predicted molar refractivity (Wildman–Crippen MR) is 130 cm³/mol. The van der Waals surface area contributed by atoms with Crippen LogP contribution in [0.5, 0.6) is 0 Å². The highest BCUT2D eigenvalue weighted by Crippen LogP contribution is 2.28. The van der Waals surface area contributed by atoms with Crippen LogP contribution in [-0.2, 0) is 38.4 Å². The molecule has 2 aromatic heterocycles. The summed E-state index contributed by atoms with van der Waals surface area (Å²) in [5, 5.41) is 0.617. The standard InChI is InChI=1S/C26H28ClN3O4/c1-4-5-10-24-29-16-23(30(24)17-20-8-6-7-9-22(20)27)25(34-18(2)31)21(26(32)33-3)15-19-11-13-28-14-12-19/h6-9,11-14,16H,4-5,10,15,17H2,1-3H3. The van der Waals surface area contributed by atoms with Gasteiger partial charge in [0.2, 0.25) is 0 Å². The molecule has 2 heterocycles. The molecule has 0 saturated carbocycles. The second-order valence-electron chi connectivity index (χ2n) is 7.77. The number of hydrogen-bond donors (Lipinski definition) is 0. The maximum absolute atomic E-state index is 12.9. The Kier molecular flexibility index (Phi) is 8.99. The predicted octanol–water partition coefficient (Wildman–Crippen LogP) is 5.01. The van der Waals surface area contributed by atoms with Gasteiger partial charge in [-0.3, -0.25) is 9.78 Å². The number of aryl methyl sites for hydroxylation is 1. The van der Waals surface area contributed by atoms with E-state index in [1.165, 1.54) is 14.0 Å². The highest BCUT2D eigenvalue weighted by molar-refractivity contribution is 6.31. The topological polar surface area (TPSA) is 83.3 Å². The lowest BCUT2D eigenvalue weighted by molar-refractivity contribution is -0.136. The number of halogens is 1. The Morgan fingerprint density at radius 2 is 1.85 bits per heavy atom. The summed E-state index contributed by atoms with van der Waals surface area (Å²) in [7, 11) is 1.30. The van der Waals surface area contributed by atoms with E-state index >= 15 is 0 Å². The zero-order valence-corrected chi connectivity index (χ0v) is 20.3. The largest absolute Gasteiger partial charge is 0.466 e. The maximum Gasteiger partial charge on any atom is 0.337 e. The fourth-order valence-corrected chi connectivity index (χ4v) is 3.78. The van der Waals surface area contributed by atoms with Crippen molar-refractivity contribution in [3.05, 3.63) is 88.2 Å². The van der Waals surface area contributed by atoms with Crippen LogP contribution in [-0.4, -0.2) is 33.6 Å². The number of carbonyl (C=O) groups excluding carboxylic acids is 2. The lowest BCUT2D eigenvalue weighted by Gasteiger charge is -2.17. The van der Waals surface area contributed by atoms with E-state index in [9.17, 15) is 9.59 Å². The molecule has 0 unspecified atom stereocenters. The Balaban J connectivity index is 2.20. The molecular formula is C26H28ClN3O4. The van der Waals surface area contributed by atoms with Crippen LogP contribution in [0.3, 0.4) is 0 Å². The average Bonchev–Trinajstić information content (AvgIpc) is 3.23. The van der Waals surface area contributed by atoms with Crippen molar-refractivity contribution in [2.75, 3.05) is 7.11 Å². The average molecular weight is 482 g/mol. The van der Waals surface area contributed by atoms with Crippen molar-refractivity contribution in [3.8, 4) is 0 Å². The Labute approximate surface area is 204 Å². The van der Waals surface area contributed by atoms with Gasteiger partial charge in [-0.15, -0.1) is 0 Å². The van der Waals surface area contributed by atoms with Crippen molar-refractivity contribution in [3.63, 3.8) is 0 Å². The third-order valence-corrected chi connectivity index (χ3v) is 5.66. The number of carbonyl (C=O) groups is 2. The number of ether oxygens (including phenoxy) is 2. The van der Waals surface area contributed by atoms with Crippen LogP contribution in [0.2, 0.25) is 5.02 Å². The first kappa shape index (κ1) is 25.2. The maximum atomic E-state index is 12.9. The summed E-state index contributed by atoms with van der Waals surface area (Å²) in [5.74, 6) is -0.201. The lowest BCUT2D eigenvalue weighted by atomic mass is 10.0. The van der Waals surface area contributed by atoms with Gasteiger partial charge in [0.05, 0.1) is 25.4 Å². The zero-order chi connectivity index (χ0) is 24.5. The van der Waals surface area contributed by atoms with Gasteiger partial charge >= 0.3 is 11.9 Å². The number of hydrogen-bond acceptors (Lipinski definition) is 6. The highest BCUT2D eigenvalue weighted by Gasteiger charge is 2.25. The molecule has 0 bridgehead atoms. The van der Waals surface area contributed by atoms with E-state index in [2.05, 4.69) is 16.9 Å². The van der Waals surface area contributed by atoms with Crippen LogP contribution < -0.4 is 0 Å². The van der Waals surface area contributed by atoms with E-state index < -0.39 is 11.9 Å². The summed E-state index contributed by atoms with van der Waals surface area (Å²) in [6.07, 6.45) is 7.77. The second-order valence-corrected chi connectivity index (χ2v) is 8.17. The molecule has 0 aliphatic carbocycles. The number of nitrogens with zero attached hydrogens (tertiary/aromatic N) is 3. The van der Waals surface area contributed by atoms with Crippen molar-refractivity contribution in [2.24, 2.45) is 0 Å². The van der Waals surface area contributed by atoms with Crippen molar-refractivity contribution in [1.29, 1.82) is 0 Å². The number of pyridine rings is 1. The van der Waals surface area contributed by atoms with Gasteiger partial charge in [0.15, 0.2) is 5.76 Å². The fraction of sp³-hybridized carbons (Fsp3) is 0.308. The minimum atomic E-state index is -0.589. The molecule has 7 nitrogen and oxygen atoms in total. The third kappa shape index (κ3) is 6.32. The first-order valence-electron chi connectivity index (χ1n) is 11.1. The molecule has 0 radical (unpaired) electrons. The van der Waals surface area contributed by atoms with E-state index in [4.69, 9.17) is 21.1 Å². The van der Waals surface area contributed by atoms with Crippen LogP contribution in [0, 0.1) is 0 Å². The molecule has 0 aliphatic heterocycles. The van der Waals surface area contributed by atoms with Crippen LogP contribution in [0.25, 0.3) is 5.76 Å². The quantitative estimate of drug-likeness (QED) is 0.230. The number of unbranched alkanes of at least 4 members (excludes halogenated alkanes) is 1. The summed E-state index contributed by atoms with van der Waals surface area (Å²) in [5.41, 5.74) is 2.43. The van der Waals surface area contributed by atoms with E-state index in [-0.39, 0.29) is 17.8 Å². The van der Waals surface area contributed by atoms with Gasteiger partial charge in [-0.25, -0.2) is 9.78 Å². The monoisotopic (exact) mass is 481 g/mol. The molecule has 0 fully saturated rings. The van der Waals surface area contributed by atoms with E-state index in [1.54, 1.807) is 30.7 Å². The molecule has 178 valence electrons. The SMILES string of the molecule is CCCCc1ncc(C(OC(C)=O)=C(Cc2ccncc2)C(=O)OC)n1Cc1ccccc1Cl. The summed E-state index contributed by atoms with van der Waals surface area (Å²) in [6.45, 7) is 3.81. The number of benzene rings is 1. The third-order valence-electron chi connectivity index (χ3n) is 5.29. The smallest absolute Gasteiger partial charge is 0.337 e. The van der Waals surface area contributed by atoms with E-state index in [1.807, 2.05) is 28.8 Å². The molecular weight excluding hydrogens is 454 g/mol. The van der Waals surface area contributed by atoms with Crippen LogP contribution in [0.15, 0.2) is 60.6 Å². The van der Waals surface area contributed by atoms with Crippen LogP contribution >= 0.6 is 11.6 Å². The zero-order valence-electron chi connectivity index (χ0n) is 19.6. The molecule has 0 aliphatic rings. The molecule has 0 amide bonds. The molecule has 0 atom stereocenters. The Morgan fingerprint density at radius 1 is 1.12 bits per heavy atom. The highest BCUT2D eigenvalue weighted by atomic mass is 35.5. The molecule has 3 rings (SSSR count). The summed E-state index contributed by atoms with van der Waals surface area (Å²) < 4.78 is 12.7. The molecule has 1 aromatic carbocycles. The van der Waals surface area contributed by atoms with E-state index in [0.717, 1.165) is 36.2 Å². The number of rotatable bonds is 10. The van der Waals surface area contributed by atoms with E-state index in [0.29, 0.717) is 17.3 Å². The Morgan fingerprint density at radius 3 is 2.50 bits per heavy atom. The molecule has 3 aromatic rings. The fourth-order valence-electron chi connectivity index (χ4n) is 3.59. The molecule has 8 heteroatoms. The number of methoxy groups -OCH3 is 1. The van der Waals surface area contributed by atoms with Crippen molar-refractivity contribution < 1.29 is 19.1 Å².